The molecule has 5 heteroatoms. The Morgan fingerprint density at radius 1 is 1.16 bits per heavy atom. The summed E-state index contributed by atoms with van der Waals surface area (Å²) in [7, 11) is 1.53. The van der Waals surface area contributed by atoms with Crippen LogP contribution in [0.5, 0.6) is 11.5 Å². The quantitative estimate of drug-likeness (QED) is 0.782. The lowest BCUT2D eigenvalue weighted by Crippen LogP contribution is -2.18. The van der Waals surface area contributed by atoms with E-state index >= 15 is 0 Å². The lowest BCUT2D eigenvalue weighted by molar-refractivity contribution is 0.102. The number of anilines is 1. The number of nitrogens with one attached hydrogen (secondary N) is 1. The molecular formula is C20H24ClNO3. The van der Waals surface area contributed by atoms with Gasteiger partial charge in [0.15, 0.2) is 11.5 Å². The normalized spacial score (nSPS) is 11.1. The Kier molecular flexibility index (Phi) is 5.96. The summed E-state index contributed by atoms with van der Waals surface area (Å²) in [6.07, 6.45) is 0. The molecule has 4 nitrogen and oxygen atoms in total. The average Bonchev–Trinajstić information content (AvgIpc) is 2.53. The average molecular weight is 362 g/mol. The molecule has 0 unspecified atom stereocenters. The summed E-state index contributed by atoms with van der Waals surface area (Å²) >= 11 is 6.27. The van der Waals surface area contributed by atoms with Gasteiger partial charge in [-0.3, -0.25) is 4.79 Å². The highest BCUT2D eigenvalue weighted by atomic mass is 35.5. The van der Waals surface area contributed by atoms with E-state index < -0.39 is 0 Å². The Hall–Kier alpha value is -2.20. The summed E-state index contributed by atoms with van der Waals surface area (Å²) in [5, 5.41) is 3.19. The molecule has 0 aliphatic rings. The second-order valence-electron chi connectivity index (χ2n) is 7.16. The van der Waals surface area contributed by atoms with Gasteiger partial charge in [0.25, 0.3) is 5.91 Å². The SMILES string of the molecule is COc1c(Cl)cc(C(=O)Nc2ccc(C)cc2)cc1OCC(C)(C)C. The minimum Gasteiger partial charge on any atom is -0.491 e. The minimum absolute atomic E-state index is 0.0301. The van der Waals surface area contributed by atoms with E-state index in [1.165, 1.54) is 7.11 Å². The molecule has 0 aliphatic heterocycles. The van der Waals surface area contributed by atoms with Crippen LogP contribution >= 0.6 is 11.6 Å². The van der Waals surface area contributed by atoms with Gasteiger partial charge in [-0.15, -0.1) is 0 Å². The number of methoxy groups -OCH3 is 1. The summed E-state index contributed by atoms with van der Waals surface area (Å²) in [5.41, 5.74) is 2.23. The van der Waals surface area contributed by atoms with Crippen LogP contribution in [0.1, 0.15) is 36.7 Å². The summed E-state index contributed by atoms with van der Waals surface area (Å²) in [5.74, 6) is 0.630. The van der Waals surface area contributed by atoms with Gasteiger partial charge in [0.05, 0.1) is 18.7 Å². The van der Waals surface area contributed by atoms with E-state index in [1.807, 2.05) is 31.2 Å². The number of halogens is 1. The van der Waals surface area contributed by atoms with Crippen LogP contribution in [0, 0.1) is 12.3 Å². The fourth-order valence-corrected chi connectivity index (χ4v) is 2.43. The number of benzene rings is 2. The van der Waals surface area contributed by atoms with Crippen molar-refractivity contribution in [3.05, 3.63) is 52.5 Å². The predicted octanol–water partition coefficient (Wildman–Crippen LogP) is 5.33. The van der Waals surface area contributed by atoms with Crippen LogP contribution < -0.4 is 14.8 Å². The first-order chi connectivity index (χ1) is 11.7. The Balaban J connectivity index is 2.26. The van der Waals surface area contributed by atoms with Gasteiger partial charge >= 0.3 is 0 Å². The molecule has 0 aliphatic carbocycles. The summed E-state index contributed by atoms with van der Waals surface area (Å²) in [4.78, 5) is 12.5. The Labute approximate surface area is 154 Å². The zero-order valence-electron chi connectivity index (χ0n) is 15.3. The fraction of sp³-hybridized carbons (Fsp3) is 0.350. The largest absolute Gasteiger partial charge is 0.491 e. The van der Waals surface area contributed by atoms with E-state index in [-0.39, 0.29) is 11.3 Å². The van der Waals surface area contributed by atoms with Gasteiger partial charge in [0, 0.05) is 11.3 Å². The van der Waals surface area contributed by atoms with Crippen molar-refractivity contribution in [1.82, 2.24) is 0 Å². The Morgan fingerprint density at radius 2 is 1.80 bits per heavy atom. The molecule has 134 valence electrons. The molecule has 1 amide bonds. The number of carbonyl (C=O) groups is 1. The first-order valence-corrected chi connectivity index (χ1v) is 8.46. The molecular weight excluding hydrogens is 338 g/mol. The predicted molar refractivity (Wildman–Crippen MR) is 102 cm³/mol. The van der Waals surface area contributed by atoms with Crippen molar-refractivity contribution in [2.45, 2.75) is 27.7 Å². The third-order valence-corrected chi connectivity index (χ3v) is 3.73. The van der Waals surface area contributed by atoms with Crippen molar-refractivity contribution < 1.29 is 14.3 Å². The summed E-state index contributed by atoms with van der Waals surface area (Å²) < 4.78 is 11.2. The maximum atomic E-state index is 12.5. The topological polar surface area (TPSA) is 47.6 Å². The molecule has 0 aromatic heterocycles. The monoisotopic (exact) mass is 361 g/mol. The van der Waals surface area contributed by atoms with E-state index in [2.05, 4.69) is 26.1 Å². The van der Waals surface area contributed by atoms with Crippen LogP contribution in [0.4, 0.5) is 5.69 Å². The standard InChI is InChI=1S/C20H24ClNO3/c1-13-6-8-15(9-7-13)22-19(23)14-10-16(21)18(24-5)17(11-14)25-12-20(2,3)4/h6-11H,12H2,1-5H3,(H,22,23). The molecule has 0 spiro atoms. The lowest BCUT2D eigenvalue weighted by atomic mass is 9.99. The van der Waals surface area contributed by atoms with Crippen LogP contribution in [-0.2, 0) is 0 Å². The number of hydrogen-bond acceptors (Lipinski definition) is 3. The van der Waals surface area contributed by atoms with Crippen LogP contribution in [0.3, 0.4) is 0 Å². The van der Waals surface area contributed by atoms with Gasteiger partial charge in [0.1, 0.15) is 0 Å². The molecule has 0 radical (unpaired) electrons. The third kappa shape index (κ3) is 5.40. The Bertz CT molecular complexity index is 749. The van der Waals surface area contributed by atoms with E-state index in [9.17, 15) is 4.79 Å². The molecule has 0 saturated carbocycles. The van der Waals surface area contributed by atoms with Crippen molar-refractivity contribution in [3.63, 3.8) is 0 Å². The first-order valence-electron chi connectivity index (χ1n) is 8.08. The number of rotatable bonds is 5. The number of carbonyl (C=O) groups excluding carboxylic acids is 1. The molecule has 0 fully saturated rings. The van der Waals surface area contributed by atoms with Crippen molar-refractivity contribution in [2.75, 3.05) is 19.0 Å². The van der Waals surface area contributed by atoms with Crippen LogP contribution in [-0.4, -0.2) is 19.6 Å². The number of hydrogen-bond donors (Lipinski definition) is 1. The first kappa shape index (κ1) is 19.1. The Morgan fingerprint density at radius 3 is 2.36 bits per heavy atom. The van der Waals surface area contributed by atoms with Gasteiger partial charge in [-0.1, -0.05) is 50.1 Å². The molecule has 0 saturated heterocycles. The molecule has 2 aromatic rings. The highest BCUT2D eigenvalue weighted by Gasteiger charge is 2.18. The van der Waals surface area contributed by atoms with Crippen molar-refractivity contribution >= 4 is 23.2 Å². The fourth-order valence-electron chi connectivity index (χ4n) is 2.14. The molecule has 0 atom stereocenters. The van der Waals surface area contributed by atoms with Crippen LogP contribution in [0.15, 0.2) is 36.4 Å². The number of aryl methyl sites for hydroxylation is 1. The maximum Gasteiger partial charge on any atom is 0.255 e. The lowest BCUT2D eigenvalue weighted by Gasteiger charge is -2.21. The molecule has 0 bridgehead atoms. The van der Waals surface area contributed by atoms with E-state index in [1.54, 1.807) is 12.1 Å². The smallest absolute Gasteiger partial charge is 0.255 e. The van der Waals surface area contributed by atoms with E-state index in [0.29, 0.717) is 28.7 Å². The molecule has 2 aromatic carbocycles. The zero-order valence-corrected chi connectivity index (χ0v) is 16.0. The minimum atomic E-state index is -0.256. The van der Waals surface area contributed by atoms with Crippen LogP contribution in [0.25, 0.3) is 0 Å². The van der Waals surface area contributed by atoms with Gasteiger partial charge < -0.3 is 14.8 Å². The van der Waals surface area contributed by atoms with Gasteiger partial charge in [-0.05, 0) is 36.6 Å². The van der Waals surface area contributed by atoms with Gasteiger partial charge in [-0.2, -0.15) is 0 Å². The van der Waals surface area contributed by atoms with Crippen molar-refractivity contribution in [1.29, 1.82) is 0 Å². The van der Waals surface area contributed by atoms with Gasteiger partial charge in [-0.25, -0.2) is 0 Å². The summed E-state index contributed by atoms with van der Waals surface area (Å²) in [6.45, 7) is 8.66. The van der Waals surface area contributed by atoms with Crippen molar-refractivity contribution in [2.24, 2.45) is 5.41 Å². The molecule has 25 heavy (non-hydrogen) atoms. The number of ether oxygens (including phenoxy) is 2. The van der Waals surface area contributed by atoms with Crippen molar-refractivity contribution in [3.8, 4) is 11.5 Å². The maximum absolute atomic E-state index is 12.5. The van der Waals surface area contributed by atoms with Gasteiger partial charge in [0.2, 0.25) is 0 Å². The van der Waals surface area contributed by atoms with E-state index in [0.717, 1.165) is 11.3 Å². The second-order valence-corrected chi connectivity index (χ2v) is 7.57. The highest BCUT2D eigenvalue weighted by Crippen LogP contribution is 2.37. The molecule has 0 heterocycles. The van der Waals surface area contributed by atoms with Crippen LogP contribution in [0.2, 0.25) is 5.02 Å². The zero-order chi connectivity index (χ0) is 18.6. The molecule has 2 rings (SSSR count). The molecule has 1 N–H and O–H groups in total. The summed E-state index contributed by atoms with van der Waals surface area (Å²) in [6, 6.07) is 10.8. The number of amides is 1. The third-order valence-electron chi connectivity index (χ3n) is 3.45. The second kappa shape index (κ2) is 7.79. The van der Waals surface area contributed by atoms with E-state index in [4.69, 9.17) is 21.1 Å². The highest BCUT2D eigenvalue weighted by molar-refractivity contribution is 6.32.